The number of aromatic nitrogens is 2. The van der Waals surface area contributed by atoms with Crippen molar-refractivity contribution < 1.29 is 8.42 Å². The van der Waals surface area contributed by atoms with Gasteiger partial charge in [0.15, 0.2) is 0 Å². The zero-order valence-electron chi connectivity index (χ0n) is 15.0. The molecule has 2 heterocycles. The highest BCUT2D eigenvalue weighted by molar-refractivity contribution is 7.89. The molecule has 0 aliphatic heterocycles. The Labute approximate surface area is 148 Å². The summed E-state index contributed by atoms with van der Waals surface area (Å²) in [5.41, 5.74) is 5.50. The molecule has 25 heavy (non-hydrogen) atoms. The van der Waals surface area contributed by atoms with Crippen molar-refractivity contribution in [1.29, 1.82) is 0 Å². The van der Waals surface area contributed by atoms with E-state index >= 15 is 0 Å². The van der Waals surface area contributed by atoms with Gasteiger partial charge >= 0.3 is 0 Å². The summed E-state index contributed by atoms with van der Waals surface area (Å²) >= 11 is 0. The van der Waals surface area contributed by atoms with Gasteiger partial charge in [-0.3, -0.25) is 0 Å². The minimum atomic E-state index is -3.53. The second kappa shape index (κ2) is 6.61. The Kier molecular flexibility index (Phi) is 4.67. The molecule has 1 aromatic carbocycles. The molecule has 0 bridgehead atoms. The first-order valence-electron chi connectivity index (χ1n) is 8.28. The molecule has 0 saturated heterocycles. The number of rotatable bonds is 5. The van der Waals surface area contributed by atoms with Gasteiger partial charge in [-0.15, -0.1) is 0 Å². The van der Waals surface area contributed by atoms with E-state index in [-0.39, 0.29) is 0 Å². The number of hydrogen-bond donors (Lipinski definition) is 1. The Morgan fingerprint density at radius 3 is 2.40 bits per heavy atom. The normalized spacial score (nSPS) is 12.0. The zero-order chi connectivity index (χ0) is 18.2. The molecule has 0 aliphatic rings. The first-order valence-corrected chi connectivity index (χ1v) is 9.76. The summed E-state index contributed by atoms with van der Waals surface area (Å²) in [6, 6.07) is 7.81. The highest BCUT2D eigenvalue weighted by atomic mass is 32.2. The van der Waals surface area contributed by atoms with Gasteiger partial charge in [0.1, 0.15) is 5.65 Å². The second-order valence-electron chi connectivity index (χ2n) is 6.58. The lowest BCUT2D eigenvalue weighted by molar-refractivity contribution is 0.580. The van der Waals surface area contributed by atoms with Crippen molar-refractivity contribution in [3.05, 3.63) is 64.6 Å². The van der Waals surface area contributed by atoms with E-state index < -0.39 is 10.0 Å². The van der Waals surface area contributed by atoms with Crippen molar-refractivity contribution in [2.75, 3.05) is 6.54 Å². The van der Waals surface area contributed by atoms with E-state index in [0.717, 1.165) is 33.6 Å². The lowest BCUT2D eigenvalue weighted by Crippen LogP contribution is -2.27. The topological polar surface area (TPSA) is 63.5 Å². The van der Waals surface area contributed by atoms with E-state index in [4.69, 9.17) is 0 Å². The molecular weight excluding hydrogens is 334 g/mol. The van der Waals surface area contributed by atoms with Crippen LogP contribution in [-0.2, 0) is 16.4 Å². The summed E-state index contributed by atoms with van der Waals surface area (Å²) in [4.78, 5) is 4.92. The van der Waals surface area contributed by atoms with E-state index in [1.165, 1.54) is 0 Å². The fourth-order valence-electron chi connectivity index (χ4n) is 3.23. The second-order valence-corrected chi connectivity index (χ2v) is 8.28. The number of hydrogen-bond acceptors (Lipinski definition) is 3. The molecule has 0 aliphatic carbocycles. The van der Waals surface area contributed by atoms with Crippen LogP contribution in [0.5, 0.6) is 0 Å². The van der Waals surface area contributed by atoms with Gasteiger partial charge in [-0.25, -0.2) is 18.1 Å². The van der Waals surface area contributed by atoms with Crippen molar-refractivity contribution in [3.63, 3.8) is 0 Å². The Bertz CT molecular complexity index is 1010. The minimum absolute atomic E-state index is 0.317. The summed E-state index contributed by atoms with van der Waals surface area (Å²) in [6.45, 7) is 7.97. The highest BCUT2D eigenvalue weighted by Crippen LogP contribution is 2.21. The van der Waals surface area contributed by atoms with Crippen LogP contribution in [0, 0.1) is 27.7 Å². The predicted octanol–water partition coefficient (Wildman–Crippen LogP) is 3.09. The van der Waals surface area contributed by atoms with Crippen LogP contribution in [0.25, 0.3) is 5.65 Å². The largest absolute Gasteiger partial charge is 0.307 e. The minimum Gasteiger partial charge on any atom is -0.307 e. The summed E-state index contributed by atoms with van der Waals surface area (Å²) in [5, 5.41) is 0. The van der Waals surface area contributed by atoms with Crippen LogP contribution in [0.15, 0.2) is 41.6 Å². The first-order chi connectivity index (χ1) is 11.8. The number of fused-ring (bicyclic) bond motifs is 1. The number of sulfonamides is 1. The summed E-state index contributed by atoms with van der Waals surface area (Å²) in [6.07, 6.45) is 4.44. The zero-order valence-corrected chi connectivity index (χ0v) is 15.8. The van der Waals surface area contributed by atoms with Gasteiger partial charge in [-0.05, 0) is 56.5 Å². The van der Waals surface area contributed by atoms with Crippen LogP contribution < -0.4 is 4.72 Å². The average Bonchev–Trinajstić information content (AvgIpc) is 2.87. The Hall–Kier alpha value is -2.18. The molecule has 0 saturated carbocycles. The standard InChI is InChI=1S/C19H23N3O2S/c1-13-6-8-22-12-17(21-18(22)11-13)5-7-20-25(23,24)19-15(3)9-14(2)10-16(19)4/h6,8-12,20H,5,7H2,1-4H3. The van der Waals surface area contributed by atoms with Gasteiger partial charge in [-0.1, -0.05) is 17.7 Å². The van der Waals surface area contributed by atoms with E-state index in [1.54, 1.807) is 0 Å². The third-order valence-electron chi connectivity index (χ3n) is 4.21. The lowest BCUT2D eigenvalue weighted by Gasteiger charge is -2.12. The summed E-state index contributed by atoms with van der Waals surface area (Å²) < 4.78 is 30.0. The maximum atomic E-state index is 12.7. The Morgan fingerprint density at radius 1 is 1.04 bits per heavy atom. The van der Waals surface area contributed by atoms with Crippen LogP contribution in [0.1, 0.15) is 27.9 Å². The Balaban J connectivity index is 1.74. The van der Waals surface area contributed by atoms with Crippen molar-refractivity contribution in [2.24, 2.45) is 0 Å². The van der Waals surface area contributed by atoms with Gasteiger partial charge in [0.25, 0.3) is 0 Å². The molecule has 6 heteroatoms. The van der Waals surface area contributed by atoms with Gasteiger partial charge in [0, 0.05) is 25.4 Å². The lowest BCUT2D eigenvalue weighted by atomic mass is 10.1. The van der Waals surface area contributed by atoms with E-state index in [9.17, 15) is 8.42 Å². The number of benzene rings is 1. The Morgan fingerprint density at radius 2 is 1.72 bits per heavy atom. The van der Waals surface area contributed by atoms with Crippen molar-refractivity contribution >= 4 is 15.7 Å². The number of pyridine rings is 1. The van der Waals surface area contributed by atoms with E-state index in [1.807, 2.05) is 68.8 Å². The maximum Gasteiger partial charge on any atom is 0.241 e. The quantitative estimate of drug-likeness (QED) is 0.763. The third-order valence-corrected chi connectivity index (χ3v) is 5.98. The van der Waals surface area contributed by atoms with Crippen molar-refractivity contribution in [1.82, 2.24) is 14.1 Å². The molecule has 0 spiro atoms. The molecule has 3 aromatic rings. The summed E-state index contributed by atoms with van der Waals surface area (Å²) in [5.74, 6) is 0. The fourth-order valence-corrected chi connectivity index (χ4v) is 4.71. The van der Waals surface area contributed by atoms with Crippen LogP contribution in [0.2, 0.25) is 0 Å². The first kappa shape index (κ1) is 17.6. The number of nitrogens with zero attached hydrogens (tertiary/aromatic N) is 2. The molecule has 0 amide bonds. The van der Waals surface area contributed by atoms with Gasteiger partial charge in [-0.2, -0.15) is 0 Å². The molecule has 5 nitrogen and oxygen atoms in total. The van der Waals surface area contributed by atoms with Crippen molar-refractivity contribution in [2.45, 2.75) is 39.0 Å². The van der Waals surface area contributed by atoms with E-state index in [2.05, 4.69) is 9.71 Å². The van der Waals surface area contributed by atoms with Crippen LogP contribution in [-0.4, -0.2) is 24.3 Å². The molecular formula is C19H23N3O2S. The third kappa shape index (κ3) is 3.75. The highest BCUT2D eigenvalue weighted by Gasteiger charge is 2.19. The molecule has 3 rings (SSSR count). The van der Waals surface area contributed by atoms with Gasteiger partial charge in [0.05, 0.1) is 10.6 Å². The SMILES string of the molecule is Cc1cc(C)c(S(=O)(=O)NCCc2cn3ccc(C)cc3n2)c(C)c1. The van der Waals surface area contributed by atoms with Gasteiger partial charge in [0.2, 0.25) is 10.0 Å². The molecule has 0 fully saturated rings. The van der Waals surface area contributed by atoms with Crippen LogP contribution in [0.3, 0.4) is 0 Å². The maximum absolute atomic E-state index is 12.7. The number of aryl methyl sites for hydroxylation is 4. The molecule has 2 aromatic heterocycles. The van der Waals surface area contributed by atoms with E-state index in [0.29, 0.717) is 17.9 Å². The molecule has 0 radical (unpaired) electrons. The molecule has 132 valence electrons. The predicted molar refractivity (Wildman–Crippen MR) is 99.5 cm³/mol. The van der Waals surface area contributed by atoms with Crippen LogP contribution >= 0.6 is 0 Å². The van der Waals surface area contributed by atoms with Crippen LogP contribution in [0.4, 0.5) is 0 Å². The molecule has 0 unspecified atom stereocenters. The monoisotopic (exact) mass is 357 g/mol. The number of imidazole rings is 1. The van der Waals surface area contributed by atoms with Gasteiger partial charge < -0.3 is 4.40 Å². The molecule has 1 N–H and O–H groups in total. The van der Waals surface area contributed by atoms with Crippen molar-refractivity contribution in [3.8, 4) is 0 Å². The average molecular weight is 357 g/mol. The summed E-state index contributed by atoms with van der Waals surface area (Å²) in [7, 11) is -3.53. The fraction of sp³-hybridized carbons (Fsp3) is 0.316. The number of nitrogens with one attached hydrogen (secondary N) is 1. The smallest absolute Gasteiger partial charge is 0.241 e. The molecule has 0 atom stereocenters.